The first kappa shape index (κ1) is 33.2. The van der Waals surface area contributed by atoms with E-state index in [1.165, 1.54) is 78.4 Å². The van der Waals surface area contributed by atoms with E-state index in [4.69, 9.17) is 0 Å². The number of hydrogen-bond acceptors (Lipinski definition) is 2. The molecule has 266 valence electrons. The first-order valence-electron chi connectivity index (χ1n) is 19.9. The van der Waals surface area contributed by atoms with Crippen molar-refractivity contribution in [3.8, 4) is 11.1 Å². The Hall–Kier alpha value is -6.38. The van der Waals surface area contributed by atoms with Crippen molar-refractivity contribution >= 4 is 45.3 Å². The number of para-hydroxylation sites is 1. The van der Waals surface area contributed by atoms with Crippen molar-refractivity contribution < 1.29 is 0 Å². The maximum Gasteiger partial charge on any atom is 0.0497 e. The molecule has 6 aromatic rings. The minimum Gasteiger partial charge on any atom is -0.310 e. The Balaban J connectivity index is 1.01. The van der Waals surface area contributed by atoms with Gasteiger partial charge < -0.3 is 9.80 Å². The zero-order chi connectivity index (χ0) is 36.6. The maximum atomic E-state index is 2.46. The van der Waals surface area contributed by atoms with Gasteiger partial charge in [-0.3, -0.25) is 0 Å². The molecule has 0 aliphatic heterocycles. The number of nitrogens with zero attached hydrogens (tertiary/aromatic N) is 2. The highest BCUT2D eigenvalue weighted by Crippen LogP contribution is 2.45. The number of anilines is 5. The van der Waals surface area contributed by atoms with E-state index in [0.29, 0.717) is 0 Å². The minimum absolute atomic E-state index is 0.900. The van der Waals surface area contributed by atoms with Crippen molar-refractivity contribution in [2.24, 2.45) is 0 Å². The zero-order valence-electron chi connectivity index (χ0n) is 31.2. The topological polar surface area (TPSA) is 6.48 Å². The monoisotopic (exact) mass is 708 g/mol. The normalized spacial score (nSPS) is 15.3. The van der Waals surface area contributed by atoms with Crippen LogP contribution >= 0.6 is 0 Å². The summed E-state index contributed by atoms with van der Waals surface area (Å²) in [7, 11) is 0. The average molecular weight is 709 g/mol. The van der Waals surface area contributed by atoms with E-state index in [9.17, 15) is 0 Å². The molecule has 0 heterocycles. The molecule has 0 atom stereocenters. The van der Waals surface area contributed by atoms with Crippen LogP contribution in [0.5, 0.6) is 0 Å². The van der Waals surface area contributed by atoms with Crippen molar-refractivity contribution in [1.82, 2.24) is 0 Å². The third kappa shape index (κ3) is 6.38. The number of hydrogen-bond donors (Lipinski definition) is 0. The second-order valence-electron chi connectivity index (χ2n) is 15.0. The summed E-state index contributed by atoms with van der Waals surface area (Å²) in [5, 5.41) is 0. The highest BCUT2D eigenvalue weighted by atomic mass is 15.2. The van der Waals surface area contributed by atoms with Crippen LogP contribution in [-0.2, 0) is 12.8 Å². The Labute approximate surface area is 325 Å². The van der Waals surface area contributed by atoms with Crippen molar-refractivity contribution in [2.45, 2.75) is 44.9 Å². The summed E-state index contributed by atoms with van der Waals surface area (Å²) in [6.07, 6.45) is 23.7. The number of allylic oxidation sites excluding steroid dienone is 9. The van der Waals surface area contributed by atoms with Crippen LogP contribution in [0.4, 0.5) is 28.4 Å². The fraction of sp³-hybridized carbons (Fsp3) is 0.132. The van der Waals surface area contributed by atoms with E-state index in [0.717, 1.165) is 56.3 Å². The minimum atomic E-state index is 0.900. The van der Waals surface area contributed by atoms with Crippen LogP contribution in [0.3, 0.4) is 0 Å². The lowest BCUT2D eigenvalue weighted by molar-refractivity contribution is 0.967. The highest BCUT2D eigenvalue weighted by molar-refractivity contribution is 5.92. The van der Waals surface area contributed by atoms with E-state index in [1.807, 2.05) is 0 Å². The molecule has 4 aliphatic rings. The summed E-state index contributed by atoms with van der Waals surface area (Å²) < 4.78 is 0. The predicted octanol–water partition coefficient (Wildman–Crippen LogP) is 14.3. The SMILES string of the molecule is C1=CC(c2ccc(N(c3ccc(C4=CCCC=C4)cc3)c3ccc4c(c3)Cc3cc(N(C5=CCCc6ccccc65)c5ccccc5)ccc3-4)cc2)=CCC1. The van der Waals surface area contributed by atoms with E-state index in [1.54, 1.807) is 0 Å². The summed E-state index contributed by atoms with van der Waals surface area (Å²) >= 11 is 0. The fourth-order valence-electron chi connectivity index (χ4n) is 8.85. The van der Waals surface area contributed by atoms with Crippen LogP contribution in [0.15, 0.2) is 182 Å². The smallest absolute Gasteiger partial charge is 0.0497 e. The third-order valence-electron chi connectivity index (χ3n) is 11.6. The number of rotatable bonds is 8. The highest BCUT2D eigenvalue weighted by Gasteiger charge is 2.25. The van der Waals surface area contributed by atoms with Crippen LogP contribution < -0.4 is 9.80 Å². The Bertz CT molecular complexity index is 2470. The van der Waals surface area contributed by atoms with Crippen molar-refractivity contribution in [2.75, 3.05) is 9.80 Å². The maximum absolute atomic E-state index is 2.46. The van der Waals surface area contributed by atoms with E-state index < -0.39 is 0 Å². The molecule has 0 fully saturated rings. The molecule has 0 radical (unpaired) electrons. The Morgan fingerprint density at radius 3 is 1.47 bits per heavy atom. The van der Waals surface area contributed by atoms with Gasteiger partial charge in [0, 0.05) is 39.7 Å². The molecule has 2 nitrogen and oxygen atoms in total. The van der Waals surface area contributed by atoms with Gasteiger partial charge in [0.1, 0.15) is 0 Å². The van der Waals surface area contributed by atoms with Gasteiger partial charge in [0.05, 0.1) is 0 Å². The second-order valence-corrected chi connectivity index (χ2v) is 15.0. The van der Waals surface area contributed by atoms with Gasteiger partial charge in [-0.2, -0.15) is 0 Å². The van der Waals surface area contributed by atoms with Crippen molar-refractivity contribution in [1.29, 1.82) is 0 Å². The molecular weight excluding hydrogens is 665 g/mol. The molecule has 0 bridgehead atoms. The van der Waals surface area contributed by atoms with Crippen LogP contribution in [0.2, 0.25) is 0 Å². The first-order chi connectivity index (χ1) is 27.3. The lowest BCUT2D eigenvalue weighted by Crippen LogP contribution is -2.18. The number of fused-ring (bicyclic) bond motifs is 4. The lowest BCUT2D eigenvalue weighted by atomic mass is 9.93. The molecule has 55 heavy (non-hydrogen) atoms. The number of benzene rings is 6. The predicted molar refractivity (Wildman–Crippen MR) is 233 cm³/mol. The van der Waals surface area contributed by atoms with Gasteiger partial charge in [-0.1, -0.05) is 121 Å². The molecule has 0 saturated carbocycles. The molecule has 0 amide bonds. The Kier molecular flexibility index (Phi) is 8.73. The molecule has 0 N–H and O–H groups in total. The van der Waals surface area contributed by atoms with Gasteiger partial charge in [-0.05, 0) is 156 Å². The fourth-order valence-corrected chi connectivity index (χ4v) is 8.85. The molecule has 10 rings (SSSR count). The van der Waals surface area contributed by atoms with Crippen LogP contribution in [-0.4, -0.2) is 0 Å². The molecule has 0 spiro atoms. The molecule has 6 aromatic carbocycles. The summed E-state index contributed by atoms with van der Waals surface area (Å²) in [5.41, 5.74) is 20.5. The number of aryl methyl sites for hydroxylation is 1. The van der Waals surface area contributed by atoms with E-state index >= 15 is 0 Å². The summed E-state index contributed by atoms with van der Waals surface area (Å²) in [6, 6.07) is 52.1. The molecule has 0 aromatic heterocycles. The largest absolute Gasteiger partial charge is 0.310 e. The van der Waals surface area contributed by atoms with Gasteiger partial charge in [0.15, 0.2) is 0 Å². The molecule has 0 saturated heterocycles. The average Bonchev–Trinajstić information content (AvgIpc) is 3.63. The lowest BCUT2D eigenvalue weighted by Gasteiger charge is -2.31. The van der Waals surface area contributed by atoms with Crippen LogP contribution in [0.25, 0.3) is 28.0 Å². The molecule has 0 unspecified atom stereocenters. The first-order valence-corrected chi connectivity index (χ1v) is 19.9. The molecule has 4 aliphatic carbocycles. The quantitative estimate of drug-likeness (QED) is 0.155. The second kappa shape index (κ2) is 14.5. The van der Waals surface area contributed by atoms with Crippen LogP contribution in [0, 0.1) is 0 Å². The van der Waals surface area contributed by atoms with E-state index in [-0.39, 0.29) is 0 Å². The van der Waals surface area contributed by atoms with Gasteiger partial charge in [-0.25, -0.2) is 0 Å². The molecule has 2 heteroatoms. The van der Waals surface area contributed by atoms with Crippen molar-refractivity contribution in [3.05, 3.63) is 215 Å². The van der Waals surface area contributed by atoms with Gasteiger partial charge >= 0.3 is 0 Å². The van der Waals surface area contributed by atoms with Crippen LogP contribution in [0.1, 0.15) is 65.5 Å². The third-order valence-corrected chi connectivity index (χ3v) is 11.6. The molecular formula is C53H44N2. The Morgan fingerprint density at radius 2 is 0.891 bits per heavy atom. The standard InChI is InChI=1S/C53H44N2/c1-4-13-38(14-5-1)40-23-27-46(28-24-40)54(47-29-25-41(26-30-47)39-15-6-2-7-16-39)48-31-33-50-43(36-48)35-44-37-49(32-34-51(44)50)55(45-19-8-3-9-20-45)53-22-12-18-42-17-10-11-21-52(42)53/h3-4,6,8-11,13-17,19-34,36-37H,1-2,5,7,12,18,35H2. The van der Waals surface area contributed by atoms with Gasteiger partial charge in [-0.15, -0.1) is 0 Å². The zero-order valence-corrected chi connectivity index (χ0v) is 31.2. The van der Waals surface area contributed by atoms with Gasteiger partial charge in [0.25, 0.3) is 0 Å². The van der Waals surface area contributed by atoms with E-state index in [2.05, 4.69) is 192 Å². The van der Waals surface area contributed by atoms with Crippen molar-refractivity contribution in [3.63, 3.8) is 0 Å². The summed E-state index contributed by atoms with van der Waals surface area (Å²) in [5.74, 6) is 0. The summed E-state index contributed by atoms with van der Waals surface area (Å²) in [6.45, 7) is 0. The Morgan fingerprint density at radius 1 is 0.364 bits per heavy atom. The summed E-state index contributed by atoms with van der Waals surface area (Å²) in [4.78, 5) is 4.88. The van der Waals surface area contributed by atoms with Gasteiger partial charge in [0.2, 0.25) is 0 Å².